The van der Waals surface area contributed by atoms with Crippen molar-refractivity contribution in [1.29, 1.82) is 5.41 Å². The quantitative estimate of drug-likeness (QED) is 0.146. The number of nitrogens with zero attached hydrogens (tertiary/aromatic N) is 2. The van der Waals surface area contributed by atoms with Gasteiger partial charge < -0.3 is 25.5 Å². The summed E-state index contributed by atoms with van der Waals surface area (Å²) in [5, 5.41) is 13.9. The Bertz CT molecular complexity index is 902. The molecule has 0 bridgehead atoms. The van der Waals surface area contributed by atoms with E-state index in [-0.39, 0.29) is 18.4 Å². The number of esters is 1. The summed E-state index contributed by atoms with van der Waals surface area (Å²) in [6, 6.07) is 3.54. The molecule has 1 aromatic rings. The molecule has 8 nitrogen and oxygen atoms in total. The van der Waals surface area contributed by atoms with Crippen LogP contribution in [0.5, 0.6) is 5.88 Å². The number of ether oxygens (including phenoxy) is 2. The smallest absolute Gasteiger partial charge is 0.308 e. The highest BCUT2D eigenvalue weighted by Gasteiger charge is 2.21. The standard InChI is InChI=1S/C15H27N3.C14H22N2O3.C2H6/c1-4-14-10-7-11-17-15(14)18-13(3)9-6-5-8-12(2)16;1-14(2,3)19-13(17)8-11(15-4)10-6-7-12(18-5)16-9-10;1-2/h16-17H,4-11H2,1-3H3;6-7,9,11,15H,8H2,1-5H3;1-2H3/b16-12?,18-13+;;. The summed E-state index contributed by atoms with van der Waals surface area (Å²) in [4.78, 5) is 20.7. The van der Waals surface area contributed by atoms with E-state index in [0.29, 0.717) is 5.88 Å². The number of carbonyl (C=O) groups excluding carboxylic acids is 1. The molecule has 8 heteroatoms. The monoisotopic (exact) mass is 545 g/mol. The molecule has 1 atom stereocenters. The zero-order chi connectivity index (χ0) is 29.8. The summed E-state index contributed by atoms with van der Waals surface area (Å²) >= 11 is 0. The Balaban J connectivity index is 0.000000697. The number of unbranched alkanes of at least 4 members (excludes halogenated alkanes) is 1. The molecule has 0 radical (unpaired) electrons. The van der Waals surface area contributed by atoms with Crippen LogP contribution in [0, 0.1) is 5.41 Å². The molecular weight excluding hydrogens is 490 g/mol. The first kappa shape index (κ1) is 36.3. The SMILES string of the molecule is CC.CCC1=C(/N=C(\C)CCCCC(C)=N)NCCC1.CNC(CC(=O)OC(C)(C)C)c1ccc(OC)nc1. The van der Waals surface area contributed by atoms with Crippen molar-refractivity contribution in [3.8, 4) is 5.88 Å². The Labute approximate surface area is 238 Å². The molecule has 2 rings (SSSR count). The number of rotatable bonds is 12. The zero-order valence-electron chi connectivity index (χ0n) is 26.3. The average molecular weight is 546 g/mol. The predicted molar refractivity (Wildman–Crippen MR) is 164 cm³/mol. The van der Waals surface area contributed by atoms with Crippen LogP contribution < -0.4 is 15.4 Å². The summed E-state index contributed by atoms with van der Waals surface area (Å²) < 4.78 is 10.3. The van der Waals surface area contributed by atoms with Gasteiger partial charge >= 0.3 is 5.97 Å². The number of carbonyl (C=O) groups is 1. The Kier molecular flexibility index (Phi) is 18.8. The van der Waals surface area contributed by atoms with Gasteiger partial charge in [0.05, 0.1) is 13.5 Å². The number of aliphatic imine (C=N–C) groups is 1. The Hall–Kier alpha value is -2.74. The van der Waals surface area contributed by atoms with Crippen molar-refractivity contribution < 1.29 is 14.3 Å². The summed E-state index contributed by atoms with van der Waals surface area (Å²) in [5.41, 5.74) is 3.93. The van der Waals surface area contributed by atoms with Gasteiger partial charge in [-0.15, -0.1) is 0 Å². The second kappa shape index (κ2) is 20.2. The van der Waals surface area contributed by atoms with E-state index in [0.717, 1.165) is 55.7 Å². The summed E-state index contributed by atoms with van der Waals surface area (Å²) in [7, 11) is 3.37. The van der Waals surface area contributed by atoms with Gasteiger partial charge in [-0.1, -0.05) is 26.8 Å². The van der Waals surface area contributed by atoms with E-state index in [1.54, 1.807) is 26.4 Å². The second-order valence-corrected chi connectivity index (χ2v) is 10.4. The fraction of sp³-hybridized carbons (Fsp3) is 0.677. The van der Waals surface area contributed by atoms with Crippen molar-refractivity contribution in [2.75, 3.05) is 20.7 Å². The van der Waals surface area contributed by atoms with Crippen molar-refractivity contribution in [2.45, 2.75) is 118 Å². The first-order valence-electron chi connectivity index (χ1n) is 14.4. The van der Waals surface area contributed by atoms with Crippen molar-refractivity contribution in [3.05, 3.63) is 35.3 Å². The minimum atomic E-state index is -0.465. The number of aromatic nitrogens is 1. The maximum absolute atomic E-state index is 11.8. The first-order chi connectivity index (χ1) is 18.5. The lowest BCUT2D eigenvalue weighted by molar-refractivity contribution is -0.155. The molecule has 2 heterocycles. The molecule has 1 aliphatic rings. The van der Waals surface area contributed by atoms with Gasteiger partial charge in [-0.2, -0.15) is 0 Å². The van der Waals surface area contributed by atoms with E-state index < -0.39 is 5.60 Å². The highest BCUT2D eigenvalue weighted by atomic mass is 16.6. The summed E-state index contributed by atoms with van der Waals surface area (Å²) in [6.07, 6.45) is 9.72. The minimum Gasteiger partial charge on any atom is -0.481 e. The van der Waals surface area contributed by atoms with Gasteiger partial charge in [0, 0.05) is 36.3 Å². The molecule has 0 saturated heterocycles. The lowest BCUT2D eigenvalue weighted by atomic mass is 10.0. The van der Waals surface area contributed by atoms with Crippen molar-refractivity contribution >= 4 is 17.4 Å². The average Bonchev–Trinajstić information content (AvgIpc) is 2.90. The molecule has 1 aromatic heterocycles. The van der Waals surface area contributed by atoms with E-state index in [9.17, 15) is 4.79 Å². The Morgan fingerprint density at radius 3 is 2.38 bits per heavy atom. The van der Waals surface area contributed by atoms with Crippen molar-refractivity contribution in [1.82, 2.24) is 15.6 Å². The molecule has 1 aliphatic heterocycles. The lowest BCUT2D eigenvalue weighted by Gasteiger charge is -2.22. The van der Waals surface area contributed by atoms with E-state index in [4.69, 9.17) is 19.9 Å². The van der Waals surface area contributed by atoms with Crippen LogP contribution in [0.2, 0.25) is 0 Å². The molecule has 0 aromatic carbocycles. The van der Waals surface area contributed by atoms with Crippen LogP contribution in [0.4, 0.5) is 0 Å². The normalized spacial score (nSPS) is 14.2. The molecule has 0 amide bonds. The number of nitrogens with one attached hydrogen (secondary N) is 3. The topological polar surface area (TPSA) is 109 Å². The number of hydrogen-bond donors (Lipinski definition) is 3. The number of hydrogen-bond acceptors (Lipinski definition) is 8. The third-order valence-electron chi connectivity index (χ3n) is 5.86. The molecule has 0 aliphatic carbocycles. The van der Waals surface area contributed by atoms with Crippen LogP contribution in [0.3, 0.4) is 0 Å². The van der Waals surface area contributed by atoms with E-state index in [1.807, 2.05) is 47.6 Å². The van der Waals surface area contributed by atoms with Gasteiger partial charge in [-0.05, 0) is 97.7 Å². The van der Waals surface area contributed by atoms with Crippen molar-refractivity contribution in [2.24, 2.45) is 4.99 Å². The van der Waals surface area contributed by atoms with Crippen molar-refractivity contribution in [3.63, 3.8) is 0 Å². The molecule has 0 fully saturated rings. The third-order valence-corrected chi connectivity index (χ3v) is 5.86. The minimum absolute atomic E-state index is 0.117. The van der Waals surface area contributed by atoms with Crippen LogP contribution >= 0.6 is 0 Å². The van der Waals surface area contributed by atoms with Crippen LogP contribution in [0.15, 0.2) is 34.7 Å². The number of allylic oxidation sites excluding steroid dienone is 1. The van der Waals surface area contributed by atoms with Gasteiger partial charge in [0.1, 0.15) is 11.4 Å². The lowest BCUT2D eigenvalue weighted by Crippen LogP contribution is -2.27. The molecule has 222 valence electrons. The van der Waals surface area contributed by atoms with E-state index in [2.05, 4.69) is 29.5 Å². The molecule has 1 unspecified atom stereocenters. The van der Waals surface area contributed by atoms with Crippen LogP contribution in [-0.4, -0.2) is 48.7 Å². The number of methoxy groups -OCH3 is 1. The van der Waals surface area contributed by atoms with Gasteiger partial charge in [-0.3, -0.25) is 4.79 Å². The highest BCUT2D eigenvalue weighted by molar-refractivity contribution is 5.83. The predicted octanol–water partition coefficient (Wildman–Crippen LogP) is 7.16. The molecule has 0 saturated carbocycles. The number of pyridine rings is 1. The van der Waals surface area contributed by atoms with Crippen LogP contribution in [0.25, 0.3) is 0 Å². The maximum atomic E-state index is 11.8. The van der Waals surface area contributed by atoms with Crippen LogP contribution in [-0.2, 0) is 9.53 Å². The van der Waals surface area contributed by atoms with Crippen LogP contribution in [0.1, 0.15) is 118 Å². The molecular formula is C31H55N5O3. The fourth-order valence-corrected chi connectivity index (χ4v) is 3.89. The highest BCUT2D eigenvalue weighted by Crippen LogP contribution is 2.20. The van der Waals surface area contributed by atoms with Gasteiger partial charge in [0.25, 0.3) is 0 Å². The third kappa shape index (κ3) is 16.7. The summed E-state index contributed by atoms with van der Waals surface area (Å²) in [5.74, 6) is 1.45. The van der Waals surface area contributed by atoms with Gasteiger partial charge in [0.2, 0.25) is 5.88 Å². The largest absolute Gasteiger partial charge is 0.481 e. The maximum Gasteiger partial charge on any atom is 0.308 e. The van der Waals surface area contributed by atoms with E-state index >= 15 is 0 Å². The zero-order valence-corrected chi connectivity index (χ0v) is 26.3. The first-order valence-corrected chi connectivity index (χ1v) is 14.4. The second-order valence-electron chi connectivity index (χ2n) is 10.4. The Morgan fingerprint density at radius 1 is 1.21 bits per heavy atom. The Morgan fingerprint density at radius 2 is 1.87 bits per heavy atom. The molecule has 3 N–H and O–H groups in total. The molecule has 39 heavy (non-hydrogen) atoms. The fourth-order valence-electron chi connectivity index (χ4n) is 3.89. The molecule has 0 spiro atoms. The summed E-state index contributed by atoms with van der Waals surface area (Å²) in [6.45, 7) is 16.8. The van der Waals surface area contributed by atoms with Gasteiger partial charge in [-0.25, -0.2) is 9.98 Å². The van der Waals surface area contributed by atoms with Gasteiger partial charge in [0.15, 0.2) is 0 Å². The van der Waals surface area contributed by atoms with E-state index in [1.165, 1.54) is 24.1 Å².